The Kier molecular flexibility index (Phi) is 5.62. The summed E-state index contributed by atoms with van der Waals surface area (Å²) in [5, 5.41) is 0.811. The molecule has 0 N–H and O–H groups in total. The second-order valence-corrected chi connectivity index (χ2v) is 8.87. The molecular formula is C23H20ClFN2O2S. The van der Waals surface area contributed by atoms with Gasteiger partial charge in [0.05, 0.1) is 11.9 Å². The molecule has 0 atom stereocenters. The number of thiophene rings is 1. The average Bonchev–Trinajstić information content (AvgIpc) is 3.02. The van der Waals surface area contributed by atoms with E-state index >= 15 is 0 Å². The lowest BCUT2D eigenvalue weighted by Crippen LogP contribution is -2.40. The molecule has 0 aliphatic rings. The highest BCUT2D eigenvalue weighted by atomic mass is 35.5. The van der Waals surface area contributed by atoms with Crippen molar-refractivity contribution in [3.63, 3.8) is 0 Å². The van der Waals surface area contributed by atoms with E-state index in [1.165, 1.54) is 28.0 Å². The van der Waals surface area contributed by atoms with Crippen LogP contribution in [0.15, 0.2) is 58.1 Å². The number of fused-ring (bicyclic) bond motifs is 1. The molecule has 2 heterocycles. The quantitative estimate of drug-likeness (QED) is 0.440. The minimum atomic E-state index is -0.433. The number of nitrogens with zero attached hydrogens (tertiary/aromatic N) is 2. The summed E-state index contributed by atoms with van der Waals surface area (Å²) in [5.41, 5.74) is 1.90. The van der Waals surface area contributed by atoms with Gasteiger partial charge >= 0.3 is 5.69 Å². The zero-order valence-corrected chi connectivity index (χ0v) is 18.2. The van der Waals surface area contributed by atoms with E-state index in [1.807, 2.05) is 44.2 Å². The van der Waals surface area contributed by atoms with E-state index in [2.05, 4.69) is 0 Å². The first kappa shape index (κ1) is 20.6. The Morgan fingerprint density at radius 1 is 1.03 bits per heavy atom. The van der Waals surface area contributed by atoms with E-state index in [-0.39, 0.29) is 29.4 Å². The maximum atomic E-state index is 13.5. The topological polar surface area (TPSA) is 44.0 Å². The Bertz CT molecular complexity index is 1360. The first-order valence-corrected chi connectivity index (χ1v) is 10.8. The summed E-state index contributed by atoms with van der Waals surface area (Å²) in [7, 11) is 0. The number of aromatic nitrogens is 2. The van der Waals surface area contributed by atoms with Crippen molar-refractivity contribution < 1.29 is 4.39 Å². The first-order valence-electron chi connectivity index (χ1n) is 9.58. The first-order chi connectivity index (χ1) is 14.4. The molecule has 0 aliphatic heterocycles. The molecular weight excluding hydrogens is 423 g/mol. The van der Waals surface area contributed by atoms with Gasteiger partial charge in [0, 0.05) is 16.4 Å². The molecule has 30 heavy (non-hydrogen) atoms. The largest absolute Gasteiger partial charge is 0.332 e. The fourth-order valence-electron chi connectivity index (χ4n) is 3.55. The smallest absolute Gasteiger partial charge is 0.280 e. The molecule has 0 radical (unpaired) electrons. The van der Waals surface area contributed by atoms with Gasteiger partial charge in [-0.05, 0) is 49.1 Å². The molecule has 0 amide bonds. The van der Waals surface area contributed by atoms with Gasteiger partial charge in [-0.15, -0.1) is 11.3 Å². The molecule has 0 saturated carbocycles. The third-order valence-electron chi connectivity index (χ3n) is 5.34. The van der Waals surface area contributed by atoms with Crippen LogP contribution in [0.25, 0.3) is 10.2 Å². The second-order valence-electron chi connectivity index (χ2n) is 7.26. The van der Waals surface area contributed by atoms with Gasteiger partial charge in [0.1, 0.15) is 10.6 Å². The maximum Gasteiger partial charge on any atom is 0.332 e. The van der Waals surface area contributed by atoms with Gasteiger partial charge in [-0.3, -0.25) is 13.9 Å². The van der Waals surface area contributed by atoms with E-state index in [0.29, 0.717) is 22.2 Å². The molecule has 0 fully saturated rings. The van der Waals surface area contributed by atoms with E-state index in [0.717, 1.165) is 16.0 Å². The van der Waals surface area contributed by atoms with Crippen molar-refractivity contribution in [2.75, 3.05) is 0 Å². The Morgan fingerprint density at radius 3 is 2.47 bits per heavy atom. The molecule has 0 saturated heterocycles. The monoisotopic (exact) mass is 442 g/mol. The van der Waals surface area contributed by atoms with Crippen LogP contribution in [0.3, 0.4) is 0 Å². The molecule has 0 aliphatic carbocycles. The summed E-state index contributed by atoms with van der Waals surface area (Å²) in [5.74, 6) is -0.433. The van der Waals surface area contributed by atoms with Gasteiger partial charge in [0.2, 0.25) is 0 Å². The van der Waals surface area contributed by atoms with Gasteiger partial charge < -0.3 is 0 Å². The van der Waals surface area contributed by atoms with Crippen molar-refractivity contribution in [3.05, 3.63) is 102 Å². The molecule has 4 rings (SSSR count). The molecule has 2 aromatic heterocycles. The molecule has 0 unspecified atom stereocenters. The van der Waals surface area contributed by atoms with Crippen molar-refractivity contribution in [3.8, 4) is 0 Å². The van der Waals surface area contributed by atoms with Crippen LogP contribution in [-0.2, 0) is 19.5 Å². The number of rotatable bonds is 5. The van der Waals surface area contributed by atoms with Gasteiger partial charge in [-0.1, -0.05) is 48.0 Å². The fourth-order valence-corrected chi connectivity index (χ4v) is 4.92. The SMILES string of the molecule is Cc1sc2c(c1C)c(=O)n(CCc1ccccc1)c(=O)n2Cc1ccc(F)cc1Cl. The lowest BCUT2D eigenvalue weighted by atomic mass is 10.1. The summed E-state index contributed by atoms with van der Waals surface area (Å²) in [6.45, 7) is 4.28. The number of aryl methyl sites for hydroxylation is 3. The molecule has 0 spiro atoms. The Labute approximate surface area is 181 Å². The van der Waals surface area contributed by atoms with Crippen LogP contribution in [0.5, 0.6) is 0 Å². The van der Waals surface area contributed by atoms with Gasteiger partial charge in [-0.2, -0.15) is 0 Å². The zero-order valence-electron chi connectivity index (χ0n) is 16.6. The van der Waals surface area contributed by atoms with Crippen LogP contribution in [0.2, 0.25) is 5.02 Å². The van der Waals surface area contributed by atoms with Crippen LogP contribution in [0, 0.1) is 19.7 Å². The molecule has 4 aromatic rings. The highest BCUT2D eigenvalue weighted by Crippen LogP contribution is 2.28. The third-order valence-corrected chi connectivity index (χ3v) is 6.93. The third kappa shape index (κ3) is 3.73. The summed E-state index contributed by atoms with van der Waals surface area (Å²) < 4.78 is 16.3. The van der Waals surface area contributed by atoms with Crippen LogP contribution in [-0.4, -0.2) is 9.13 Å². The van der Waals surface area contributed by atoms with E-state index in [1.54, 1.807) is 10.6 Å². The number of halogens is 2. The second kappa shape index (κ2) is 8.20. The molecule has 7 heteroatoms. The van der Waals surface area contributed by atoms with E-state index in [9.17, 15) is 14.0 Å². The standard InChI is InChI=1S/C23H20ClFN2O2S/c1-14-15(2)30-22-20(14)21(28)26(11-10-16-6-4-3-5-7-16)23(29)27(22)13-17-8-9-18(25)12-19(17)24/h3-9,12H,10-11,13H2,1-2H3. The highest BCUT2D eigenvalue weighted by Gasteiger charge is 2.19. The van der Waals surface area contributed by atoms with E-state index < -0.39 is 5.82 Å². The Balaban J connectivity index is 1.87. The van der Waals surface area contributed by atoms with Crippen LogP contribution < -0.4 is 11.2 Å². The summed E-state index contributed by atoms with van der Waals surface area (Å²) in [4.78, 5) is 28.2. The molecule has 154 valence electrons. The molecule has 4 nitrogen and oxygen atoms in total. The lowest BCUT2D eigenvalue weighted by molar-refractivity contribution is 0.590. The Morgan fingerprint density at radius 2 is 1.77 bits per heavy atom. The predicted octanol–water partition coefficient (Wildman–Crippen LogP) is 4.93. The van der Waals surface area contributed by atoms with Crippen molar-refractivity contribution in [1.82, 2.24) is 9.13 Å². The number of hydrogen-bond donors (Lipinski definition) is 0. The highest BCUT2D eigenvalue weighted by molar-refractivity contribution is 7.18. The van der Waals surface area contributed by atoms with Crippen LogP contribution >= 0.6 is 22.9 Å². The van der Waals surface area contributed by atoms with Crippen LogP contribution in [0.1, 0.15) is 21.6 Å². The Hall–Kier alpha value is -2.70. The number of benzene rings is 2. The van der Waals surface area contributed by atoms with Gasteiger partial charge in [-0.25, -0.2) is 9.18 Å². The predicted molar refractivity (Wildman–Crippen MR) is 120 cm³/mol. The summed E-state index contributed by atoms with van der Waals surface area (Å²) in [6, 6.07) is 13.9. The summed E-state index contributed by atoms with van der Waals surface area (Å²) in [6.07, 6.45) is 0.570. The van der Waals surface area contributed by atoms with Gasteiger partial charge in [0.25, 0.3) is 5.56 Å². The summed E-state index contributed by atoms with van der Waals surface area (Å²) >= 11 is 7.63. The zero-order chi connectivity index (χ0) is 21.4. The lowest BCUT2D eigenvalue weighted by Gasteiger charge is -2.13. The van der Waals surface area contributed by atoms with Crippen molar-refractivity contribution in [1.29, 1.82) is 0 Å². The molecule has 2 aromatic carbocycles. The minimum Gasteiger partial charge on any atom is -0.280 e. The van der Waals surface area contributed by atoms with Crippen molar-refractivity contribution in [2.45, 2.75) is 33.4 Å². The molecule has 0 bridgehead atoms. The van der Waals surface area contributed by atoms with Crippen molar-refractivity contribution >= 4 is 33.2 Å². The van der Waals surface area contributed by atoms with E-state index in [4.69, 9.17) is 11.6 Å². The average molecular weight is 443 g/mol. The number of hydrogen-bond acceptors (Lipinski definition) is 3. The maximum absolute atomic E-state index is 13.5. The fraction of sp³-hybridized carbons (Fsp3) is 0.217. The van der Waals surface area contributed by atoms with Crippen molar-refractivity contribution in [2.24, 2.45) is 0 Å². The normalized spacial score (nSPS) is 11.3. The van der Waals surface area contributed by atoms with Gasteiger partial charge in [0.15, 0.2) is 0 Å². The minimum absolute atomic E-state index is 0.166. The van der Waals surface area contributed by atoms with Crippen LogP contribution in [0.4, 0.5) is 4.39 Å².